The molecular weight excluding hydrogens is 921 g/mol. The molecule has 0 unspecified atom stereocenters. The summed E-state index contributed by atoms with van der Waals surface area (Å²) in [5, 5.41) is 4.89. The van der Waals surface area contributed by atoms with E-state index in [9.17, 15) is 0 Å². The topological polar surface area (TPSA) is 16.3 Å². The maximum atomic E-state index is 2.41. The van der Waals surface area contributed by atoms with Crippen LogP contribution in [0.25, 0.3) is 88.4 Å². The van der Waals surface area contributed by atoms with Crippen molar-refractivity contribution in [2.75, 3.05) is 9.80 Å². The van der Waals surface area contributed by atoms with Gasteiger partial charge in [0.2, 0.25) is 0 Å². The van der Waals surface area contributed by atoms with Crippen LogP contribution >= 0.6 is 0 Å². The normalized spacial score (nSPS) is 11.4. The molecule has 2 heterocycles. The van der Waals surface area contributed by atoms with Crippen LogP contribution in [0, 0.1) is 0 Å². The highest BCUT2D eigenvalue weighted by molar-refractivity contribution is 6.11. The molecule has 14 aromatic rings. The third-order valence-electron chi connectivity index (χ3n) is 14.9. The van der Waals surface area contributed by atoms with Gasteiger partial charge < -0.3 is 18.9 Å². The Bertz CT molecular complexity index is 4350. The second-order valence-electron chi connectivity index (χ2n) is 19.4. The molecule has 14 rings (SSSR count). The summed E-state index contributed by atoms with van der Waals surface area (Å²) in [4.78, 5) is 4.74. The van der Waals surface area contributed by atoms with Gasteiger partial charge in [-0.1, -0.05) is 194 Å². The molecule has 0 saturated carbocycles. The first-order valence-electron chi connectivity index (χ1n) is 26.0. The van der Waals surface area contributed by atoms with Gasteiger partial charge in [0.05, 0.1) is 22.1 Å². The maximum absolute atomic E-state index is 2.41. The van der Waals surface area contributed by atoms with Gasteiger partial charge in [0, 0.05) is 67.0 Å². The number of benzene rings is 12. The van der Waals surface area contributed by atoms with Crippen LogP contribution < -0.4 is 9.80 Å². The SMILES string of the molecule is c1ccc(-c2ccc(-n3c4ccccc4c4ccc(N(c5ccccc5)c5ccc(-c6cccc(N(c7ccccc7)c7ccc8c9ccccc9n(-c9ccc(-c%10ccccc%10)cc9)c8c7)c6)cc5)cc43)cc2)cc1. The zero-order valence-corrected chi connectivity index (χ0v) is 41.7. The Morgan fingerprint density at radius 1 is 0.184 bits per heavy atom. The second-order valence-corrected chi connectivity index (χ2v) is 19.4. The highest BCUT2D eigenvalue weighted by Crippen LogP contribution is 2.43. The van der Waals surface area contributed by atoms with Crippen LogP contribution in [0.5, 0.6) is 0 Å². The van der Waals surface area contributed by atoms with Gasteiger partial charge in [0.15, 0.2) is 0 Å². The molecule has 0 bridgehead atoms. The standard InChI is InChI=1S/C72H50N4/c1-5-18-51(19-6-1)53-32-40-60(41-33-53)75-69-30-15-13-28-65(69)67-46-44-63(49-71(67)75)73(57-23-9-3-10-24-57)59-38-36-55(37-39-59)56-22-17-27-62(48-56)74(58-25-11-4-12-26-58)64-45-47-68-66-29-14-16-31-70(66)76(72(68)50-64)61-42-34-54(35-43-61)52-20-7-2-8-21-52/h1-50H. The maximum Gasteiger partial charge on any atom is 0.0561 e. The second kappa shape index (κ2) is 19.0. The van der Waals surface area contributed by atoms with Crippen LogP contribution in [0.15, 0.2) is 303 Å². The minimum atomic E-state index is 1.07. The van der Waals surface area contributed by atoms with Gasteiger partial charge in [0.25, 0.3) is 0 Å². The van der Waals surface area contributed by atoms with E-state index < -0.39 is 0 Å². The molecule has 0 aliphatic heterocycles. The monoisotopic (exact) mass is 970 g/mol. The zero-order valence-electron chi connectivity index (χ0n) is 41.7. The molecule has 0 aliphatic rings. The molecule has 12 aromatic carbocycles. The van der Waals surface area contributed by atoms with Crippen molar-refractivity contribution in [2.24, 2.45) is 0 Å². The van der Waals surface area contributed by atoms with E-state index in [0.29, 0.717) is 0 Å². The van der Waals surface area contributed by atoms with Crippen LogP contribution in [-0.4, -0.2) is 9.13 Å². The molecule has 0 aliphatic carbocycles. The first kappa shape index (κ1) is 44.5. The van der Waals surface area contributed by atoms with E-state index in [4.69, 9.17) is 0 Å². The predicted octanol–water partition coefficient (Wildman–Crippen LogP) is 19.8. The summed E-state index contributed by atoms with van der Waals surface area (Å²) in [5.41, 5.74) is 20.5. The quantitative estimate of drug-likeness (QED) is 0.128. The number of hydrogen-bond acceptors (Lipinski definition) is 2. The van der Waals surface area contributed by atoms with Crippen LogP contribution in [0.2, 0.25) is 0 Å². The van der Waals surface area contributed by atoms with Gasteiger partial charge in [-0.2, -0.15) is 0 Å². The van der Waals surface area contributed by atoms with E-state index in [1.807, 2.05) is 0 Å². The van der Waals surface area contributed by atoms with Crippen LogP contribution in [0.4, 0.5) is 34.1 Å². The molecule has 76 heavy (non-hydrogen) atoms. The minimum absolute atomic E-state index is 1.07. The molecule has 358 valence electrons. The molecule has 0 N–H and O–H groups in total. The molecule has 4 heteroatoms. The van der Waals surface area contributed by atoms with E-state index in [1.54, 1.807) is 0 Å². The van der Waals surface area contributed by atoms with Crippen molar-refractivity contribution < 1.29 is 0 Å². The summed E-state index contributed by atoms with van der Waals surface area (Å²) >= 11 is 0. The highest BCUT2D eigenvalue weighted by atomic mass is 15.2. The minimum Gasteiger partial charge on any atom is -0.310 e. The van der Waals surface area contributed by atoms with Gasteiger partial charge in [-0.15, -0.1) is 0 Å². The molecule has 0 radical (unpaired) electrons. The van der Waals surface area contributed by atoms with Gasteiger partial charge in [-0.25, -0.2) is 0 Å². The lowest BCUT2D eigenvalue weighted by Gasteiger charge is -2.27. The summed E-state index contributed by atoms with van der Waals surface area (Å²) < 4.78 is 4.81. The molecular formula is C72H50N4. The zero-order chi connectivity index (χ0) is 50.4. The number of fused-ring (bicyclic) bond motifs is 6. The Morgan fingerprint density at radius 2 is 0.487 bits per heavy atom. The number of nitrogens with zero attached hydrogens (tertiary/aromatic N) is 4. The summed E-state index contributed by atoms with van der Waals surface area (Å²) in [6.07, 6.45) is 0. The van der Waals surface area contributed by atoms with Gasteiger partial charge in [-0.3, -0.25) is 0 Å². The van der Waals surface area contributed by atoms with E-state index >= 15 is 0 Å². The van der Waals surface area contributed by atoms with Crippen molar-refractivity contribution in [2.45, 2.75) is 0 Å². The van der Waals surface area contributed by atoms with Crippen molar-refractivity contribution >= 4 is 77.7 Å². The number of para-hydroxylation sites is 4. The largest absolute Gasteiger partial charge is 0.310 e. The molecule has 4 nitrogen and oxygen atoms in total. The molecule has 0 atom stereocenters. The lowest BCUT2D eigenvalue weighted by atomic mass is 10.0. The molecule has 2 aromatic heterocycles. The lowest BCUT2D eigenvalue weighted by molar-refractivity contribution is 1.18. The Labute approximate surface area is 442 Å². The summed E-state index contributed by atoms with van der Waals surface area (Å²) in [6, 6.07) is 110. The smallest absolute Gasteiger partial charge is 0.0561 e. The number of hydrogen-bond donors (Lipinski definition) is 0. The van der Waals surface area contributed by atoms with Gasteiger partial charge in [0.1, 0.15) is 0 Å². The third kappa shape index (κ3) is 7.97. The third-order valence-corrected chi connectivity index (χ3v) is 14.9. The Kier molecular flexibility index (Phi) is 11.2. The fraction of sp³-hybridized carbons (Fsp3) is 0. The molecule has 0 fully saturated rings. The summed E-state index contributed by atoms with van der Waals surface area (Å²) in [5.74, 6) is 0. The van der Waals surface area contributed by atoms with Crippen molar-refractivity contribution in [1.82, 2.24) is 9.13 Å². The van der Waals surface area contributed by atoms with E-state index in [0.717, 1.165) is 67.7 Å². The Hall–Kier alpha value is -10.2. The fourth-order valence-electron chi connectivity index (χ4n) is 11.3. The summed E-state index contributed by atoms with van der Waals surface area (Å²) in [6.45, 7) is 0. The molecule has 0 spiro atoms. The Balaban J connectivity index is 0.835. The van der Waals surface area contributed by atoms with Gasteiger partial charge >= 0.3 is 0 Å². The van der Waals surface area contributed by atoms with Crippen molar-refractivity contribution in [3.05, 3.63) is 303 Å². The van der Waals surface area contributed by atoms with Crippen LogP contribution in [0.1, 0.15) is 0 Å². The first-order chi connectivity index (χ1) is 37.7. The highest BCUT2D eigenvalue weighted by Gasteiger charge is 2.21. The Morgan fingerprint density at radius 3 is 0.961 bits per heavy atom. The first-order valence-corrected chi connectivity index (χ1v) is 26.0. The van der Waals surface area contributed by atoms with E-state index in [-0.39, 0.29) is 0 Å². The van der Waals surface area contributed by atoms with Gasteiger partial charge in [-0.05, 0) is 143 Å². The predicted molar refractivity (Wildman–Crippen MR) is 321 cm³/mol. The van der Waals surface area contributed by atoms with E-state index in [1.165, 1.54) is 54.8 Å². The van der Waals surface area contributed by atoms with Crippen molar-refractivity contribution in [3.63, 3.8) is 0 Å². The number of anilines is 6. The van der Waals surface area contributed by atoms with Crippen LogP contribution in [-0.2, 0) is 0 Å². The van der Waals surface area contributed by atoms with Crippen molar-refractivity contribution in [3.8, 4) is 44.8 Å². The van der Waals surface area contributed by atoms with E-state index in [2.05, 4.69) is 322 Å². The molecule has 0 amide bonds. The summed E-state index contributed by atoms with van der Waals surface area (Å²) in [7, 11) is 0. The molecule has 0 saturated heterocycles. The number of rotatable bonds is 11. The fourth-order valence-corrected chi connectivity index (χ4v) is 11.3. The average molecular weight is 971 g/mol. The average Bonchev–Trinajstić information content (AvgIpc) is 4.11. The van der Waals surface area contributed by atoms with Crippen molar-refractivity contribution in [1.29, 1.82) is 0 Å². The van der Waals surface area contributed by atoms with Crippen LogP contribution in [0.3, 0.4) is 0 Å². The number of aromatic nitrogens is 2. The lowest BCUT2D eigenvalue weighted by Crippen LogP contribution is -2.10.